The average molecular weight is 417 g/mol. The lowest BCUT2D eigenvalue weighted by molar-refractivity contribution is 0.0686. The summed E-state index contributed by atoms with van der Waals surface area (Å²) in [7, 11) is 0. The lowest BCUT2D eigenvalue weighted by Gasteiger charge is -2.13. The molecular formula is C24H32O6. The van der Waals surface area contributed by atoms with Crippen molar-refractivity contribution in [3.63, 3.8) is 0 Å². The zero-order valence-electron chi connectivity index (χ0n) is 17.6. The minimum absolute atomic E-state index is 0.331. The number of benzene rings is 2. The van der Waals surface area contributed by atoms with Crippen LogP contribution in [0, 0.1) is 0 Å². The van der Waals surface area contributed by atoms with Gasteiger partial charge in [-0.15, -0.1) is 0 Å². The molecule has 2 aromatic rings. The van der Waals surface area contributed by atoms with Crippen molar-refractivity contribution in [3.05, 3.63) is 83.9 Å². The number of rotatable bonds is 8. The minimum atomic E-state index is -0.879. The molecule has 4 N–H and O–H groups in total. The number of aliphatic hydroxyl groups excluding tert-OH is 2. The highest BCUT2D eigenvalue weighted by Crippen LogP contribution is 2.12. The van der Waals surface area contributed by atoms with Crippen LogP contribution in [0.3, 0.4) is 0 Å². The predicted octanol–water partition coefficient (Wildman–Crippen LogP) is 4.63. The van der Waals surface area contributed by atoms with E-state index in [4.69, 9.17) is 15.3 Å². The third-order valence-electron chi connectivity index (χ3n) is 3.78. The zero-order valence-corrected chi connectivity index (χ0v) is 17.6. The highest BCUT2D eigenvalue weighted by Gasteiger charge is 2.08. The second kappa shape index (κ2) is 15.9. The number of hydrogen-bond acceptors (Lipinski definition) is 4. The van der Waals surface area contributed by atoms with Gasteiger partial charge in [0.05, 0.1) is 23.3 Å². The third kappa shape index (κ3) is 14.1. The molecule has 0 aliphatic rings. The maximum absolute atomic E-state index is 10.2. The maximum atomic E-state index is 10.2. The van der Waals surface area contributed by atoms with Gasteiger partial charge in [-0.3, -0.25) is 0 Å². The Balaban J connectivity index is 0.000000426. The number of carbonyl (C=O) groups is 2. The van der Waals surface area contributed by atoms with Crippen LogP contribution in [0.2, 0.25) is 0 Å². The van der Waals surface area contributed by atoms with Gasteiger partial charge in [0.15, 0.2) is 0 Å². The first-order chi connectivity index (χ1) is 14.2. The quantitative estimate of drug-likeness (QED) is 0.466. The number of carboxylic acids is 2. The lowest BCUT2D eigenvalue weighted by atomic mass is 10.0. The molecule has 2 atom stereocenters. The third-order valence-corrected chi connectivity index (χ3v) is 3.78. The van der Waals surface area contributed by atoms with Gasteiger partial charge in [-0.25, -0.2) is 9.59 Å². The van der Waals surface area contributed by atoms with Crippen LogP contribution in [0.15, 0.2) is 72.8 Å². The van der Waals surface area contributed by atoms with Crippen molar-refractivity contribution >= 4 is 11.9 Å². The summed E-state index contributed by atoms with van der Waals surface area (Å²) in [5.74, 6) is -1.76. The molecule has 0 saturated carbocycles. The van der Waals surface area contributed by atoms with Crippen LogP contribution < -0.4 is 0 Å². The Morgan fingerprint density at radius 2 is 1.27 bits per heavy atom. The molecule has 0 aromatic heterocycles. The molecule has 0 bridgehead atoms. The first-order valence-corrected chi connectivity index (χ1v) is 9.76. The van der Waals surface area contributed by atoms with Gasteiger partial charge in [0.25, 0.3) is 0 Å². The van der Waals surface area contributed by atoms with Crippen LogP contribution >= 0.6 is 0 Å². The molecule has 30 heavy (non-hydrogen) atoms. The fourth-order valence-electron chi connectivity index (χ4n) is 2.43. The van der Waals surface area contributed by atoms with Gasteiger partial charge >= 0.3 is 11.9 Å². The van der Waals surface area contributed by atoms with Crippen LogP contribution in [0.1, 0.15) is 60.2 Å². The molecule has 0 aliphatic heterocycles. The van der Waals surface area contributed by atoms with Crippen LogP contribution in [0.4, 0.5) is 0 Å². The molecule has 6 nitrogen and oxygen atoms in total. The molecule has 0 spiro atoms. The monoisotopic (exact) mass is 416 g/mol. The summed E-state index contributed by atoms with van der Waals surface area (Å²) >= 11 is 0. The molecule has 0 radical (unpaired) electrons. The highest BCUT2D eigenvalue weighted by molar-refractivity contribution is 5.87. The Kier molecular flexibility index (Phi) is 14.3. The first-order valence-electron chi connectivity index (χ1n) is 9.76. The predicted molar refractivity (Wildman–Crippen MR) is 118 cm³/mol. The van der Waals surface area contributed by atoms with Crippen LogP contribution in [-0.4, -0.2) is 44.6 Å². The summed E-state index contributed by atoms with van der Waals surface area (Å²) in [6.07, 6.45) is 2.26. The van der Waals surface area contributed by atoms with Crippen LogP contribution in [0.25, 0.3) is 0 Å². The van der Waals surface area contributed by atoms with Crippen molar-refractivity contribution in [2.24, 2.45) is 0 Å². The topological polar surface area (TPSA) is 115 Å². The second-order valence-corrected chi connectivity index (χ2v) is 6.79. The highest BCUT2D eigenvalue weighted by atomic mass is 16.4. The summed E-state index contributed by atoms with van der Waals surface area (Å²) in [5, 5.41) is 35.1. The molecule has 0 saturated heterocycles. The van der Waals surface area contributed by atoms with Crippen molar-refractivity contribution in [1.82, 2.24) is 0 Å². The Labute approximate surface area is 178 Å². The van der Waals surface area contributed by atoms with Gasteiger partial charge in [0.1, 0.15) is 0 Å². The maximum Gasteiger partial charge on any atom is 0.335 e. The fraction of sp³-hybridized carbons (Fsp3) is 0.333. The van der Waals surface area contributed by atoms with Crippen LogP contribution in [0.5, 0.6) is 0 Å². The Bertz CT molecular complexity index is 691. The Morgan fingerprint density at radius 1 is 0.867 bits per heavy atom. The van der Waals surface area contributed by atoms with Crippen molar-refractivity contribution < 1.29 is 30.0 Å². The molecule has 0 aliphatic carbocycles. The summed E-state index contributed by atoms with van der Waals surface area (Å²) in [6, 6.07) is 16.6. The van der Waals surface area contributed by atoms with Gasteiger partial charge in [-0.1, -0.05) is 61.9 Å². The normalized spacial score (nSPS) is 11.6. The molecule has 0 heterocycles. The van der Waals surface area contributed by atoms with E-state index in [2.05, 4.69) is 13.5 Å². The summed E-state index contributed by atoms with van der Waals surface area (Å²) in [4.78, 5) is 20.4. The minimum Gasteiger partial charge on any atom is -0.478 e. The van der Waals surface area contributed by atoms with Crippen LogP contribution in [-0.2, 0) is 0 Å². The largest absolute Gasteiger partial charge is 0.478 e. The van der Waals surface area contributed by atoms with E-state index in [1.54, 1.807) is 67.6 Å². The van der Waals surface area contributed by atoms with E-state index >= 15 is 0 Å². The van der Waals surface area contributed by atoms with E-state index in [-0.39, 0.29) is 0 Å². The lowest BCUT2D eigenvalue weighted by Crippen LogP contribution is -2.15. The van der Waals surface area contributed by atoms with Crippen molar-refractivity contribution in [1.29, 1.82) is 0 Å². The van der Waals surface area contributed by atoms with E-state index in [1.807, 2.05) is 0 Å². The van der Waals surface area contributed by atoms with E-state index in [9.17, 15) is 14.7 Å². The molecule has 2 rings (SSSR count). The summed E-state index contributed by atoms with van der Waals surface area (Å²) < 4.78 is 0. The molecule has 6 heteroatoms. The summed E-state index contributed by atoms with van der Waals surface area (Å²) in [5.41, 5.74) is 1.74. The average Bonchev–Trinajstić information content (AvgIpc) is 2.69. The van der Waals surface area contributed by atoms with Gasteiger partial charge in [-0.05, 0) is 50.5 Å². The molecule has 0 fully saturated rings. The molecule has 0 amide bonds. The fourth-order valence-corrected chi connectivity index (χ4v) is 2.43. The van der Waals surface area contributed by atoms with Gasteiger partial charge in [0.2, 0.25) is 0 Å². The summed E-state index contributed by atoms with van der Waals surface area (Å²) in [6.45, 7) is 7.63. The van der Waals surface area contributed by atoms with E-state index < -0.39 is 24.1 Å². The smallest absolute Gasteiger partial charge is 0.335 e. The molecule has 2 unspecified atom stereocenters. The SMILES string of the molecule is C=C(CCC)CC(O)CC(C)O.O=C(O)c1ccccc1.O=C(O)c1ccccc1. The standard InChI is InChI=1S/C10H20O2.2C7H6O2/c1-4-5-8(2)6-10(12)7-9(3)11;2*8-7(9)6-4-2-1-3-5-6/h9-12H,2,4-7H2,1,3H3;2*1-5H,(H,8,9). The number of aliphatic hydroxyl groups is 2. The first kappa shape index (κ1) is 27.0. The Hall–Kier alpha value is -2.96. The van der Waals surface area contributed by atoms with E-state index in [0.29, 0.717) is 24.0 Å². The number of carboxylic acid groups (broad SMARTS) is 2. The molecular weight excluding hydrogens is 384 g/mol. The van der Waals surface area contributed by atoms with Gasteiger partial charge in [-0.2, -0.15) is 0 Å². The Morgan fingerprint density at radius 3 is 1.53 bits per heavy atom. The van der Waals surface area contributed by atoms with Gasteiger partial charge in [0, 0.05) is 0 Å². The van der Waals surface area contributed by atoms with Crippen molar-refractivity contribution in [3.8, 4) is 0 Å². The van der Waals surface area contributed by atoms with E-state index in [1.165, 1.54) is 0 Å². The zero-order chi connectivity index (χ0) is 22.9. The van der Waals surface area contributed by atoms with Crippen molar-refractivity contribution in [2.75, 3.05) is 0 Å². The van der Waals surface area contributed by atoms with Crippen molar-refractivity contribution in [2.45, 2.75) is 51.7 Å². The second-order valence-electron chi connectivity index (χ2n) is 6.79. The molecule has 164 valence electrons. The number of aromatic carboxylic acids is 2. The van der Waals surface area contributed by atoms with E-state index in [0.717, 1.165) is 18.4 Å². The van der Waals surface area contributed by atoms with Gasteiger partial charge < -0.3 is 20.4 Å². The molecule has 2 aromatic carbocycles. The number of hydrogen-bond donors (Lipinski definition) is 4.